The van der Waals surface area contributed by atoms with Crippen LogP contribution in [0.5, 0.6) is 0 Å². The first-order valence-electron chi connectivity index (χ1n) is 8.40. The fraction of sp³-hybridized carbons (Fsp3) is 0.316. The number of anilines is 2. The molecule has 0 heterocycles. The number of rotatable bonds is 6. The van der Waals surface area contributed by atoms with Gasteiger partial charge in [0.05, 0.1) is 17.0 Å². The Morgan fingerprint density at radius 1 is 1.22 bits per heavy atom. The summed E-state index contributed by atoms with van der Waals surface area (Å²) < 4.78 is 25.8. The van der Waals surface area contributed by atoms with Gasteiger partial charge in [0.2, 0.25) is 15.9 Å². The quantitative estimate of drug-likeness (QED) is 0.727. The van der Waals surface area contributed by atoms with Crippen LogP contribution in [0.25, 0.3) is 0 Å². The van der Waals surface area contributed by atoms with Crippen LogP contribution in [0, 0.1) is 6.92 Å². The number of hydrogen-bond acceptors (Lipinski definition) is 3. The lowest BCUT2D eigenvalue weighted by molar-refractivity contribution is -0.116. The van der Waals surface area contributed by atoms with Crippen LogP contribution in [0.1, 0.15) is 25.0 Å². The SMILES string of the molecule is CCc1cccc(C)c1NC(=O)[C@@H](C)N(c1cc(Cl)ccc1Cl)S(C)(=O)=O. The highest BCUT2D eigenvalue weighted by Gasteiger charge is 2.31. The van der Waals surface area contributed by atoms with Crippen molar-refractivity contribution in [2.45, 2.75) is 33.2 Å². The van der Waals surface area contributed by atoms with E-state index in [0.29, 0.717) is 10.7 Å². The van der Waals surface area contributed by atoms with Crippen LogP contribution < -0.4 is 9.62 Å². The topological polar surface area (TPSA) is 66.5 Å². The summed E-state index contributed by atoms with van der Waals surface area (Å²) in [5, 5.41) is 3.38. The van der Waals surface area contributed by atoms with E-state index < -0.39 is 22.0 Å². The van der Waals surface area contributed by atoms with Crippen molar-refractivity contribution in [2.24, 2.45) is 0 Å². The fourth-order valence-electron chi connectivity index (χ4n) is 2.87. The Balaban J connectivity index is 2.44. The van der Waals surface area contributed by atoms with Gasteiger partial charge in [0.25, 0.3) is 0 Å². The number of benzene rings is 2. The van der Waals surface area contributed by atoms with Crippen molar-refractivity contribution in [3.8, 4) is 0 Å². The minimum Gasteiger partial charge on any atom is -0.324 e. The number of sulfonamides is 1. The van der Waals surface area contributed by atoms with E-state index in [2.05, 4.69) is 5.32 Å². The van der Waals surface area contributed by atoms with Gasteiger partial charge in [0, 0.05) is 10.7 Å². The minimum absolute atomic E-state index is 0.162. The Kier molecular flexibility index (Phi) is 6.78. The molecule has 146 valence electrons. The molecule has 0 aromatic heterocycles. The molecular formula is C19H22Cl2N2O3S. The summed E-state index contributed by atoms with van der Waals surface area (Å²) in [5.74, 6) is -0.458. The van der Waals surface area contributed by atoms with Gasteiger partial charge in [0.15, 0.2) is 0 Å². The van der Waals surface area contributed by atoms with Gasteiger partial charge >= 0.3 is 0 Å². The highest BCUT2D eigenvalue weighted by molar-refractivity contribution is 7.92. The molecule has 0 radical (unpaired) electrons. The van der Waals surface area contributed by atoms with E-state index in [0.717, 1.165) is 28.1 Å². The number of carbonyl (C=O) groups excluding carboxylic acids is 1. The Morgan fingerprint density at radius 3 is 2.48 bits per heavy atom. The standard InChI is InChI=1S/C19H22Cl2N2O3S/c1-5-14-8-6-7-12(2)18(14)22-19(24)13(3)23(27(4,25)26)17-11-15(20)9-10-16(17)21/h6-11,13H,5H2,1-4H3,(H,22,24)/t13-/m1/s1. The Bertz CT molecular complexity index is 961. The number of hydrogen-bond donors (Lipinski definition) is 1. The lowest BCUT2D eigenvalue weighted by Crippen LogP contribution is -2.45. The minimum atomic E-state index is -3.79. The van der Waals surface area contributed by atoms with E-state index in [1.165, 1.54) is 19.1 Å². The summed E-state index contributed by atoms with van der Waals surface area (Å²) in [6.45, 7) is 5.39. The molecular weight excluding hydrogens is 407 g/mol. The van der Waals surface area contributed by atoms with Gasteiger partial charge in [0.1, 0.15) is 6.04 Å². The zero-order valence-corrected chi connectivity index (χ0v) is 17.9. The first kappa shape index (κ1) is 21.5. The van der Waals surface area contributed by atoms with Crippen LogP contribution >= 0.6 is 23.2 Å². The Labute approximate surface area is 170 Å². The van der Waals surface area contributed by atoms with Crippen LogP contribution in [-0.4, -0.2) is 26.6 Å². The van der Waals surface area contributed by atoms with Gasteiger partial charge in [-0.25, -0.2) is 8.42 Å². The molecule has 0 saturated carbocycles. The second-order valence-corrected chi connectivity index (χ2v) is 8.99. The van der Waals surface area contributed by atoms with Crippen LogP contribution in [-0.2, 0) is 21.2 Å². The predicted molar refractivity (Wildman–Crippen MR) is 112 cm³/mol. The van der Waals surface area contributed by atoms with Gasteiger partial charge < -0.3 is 5.32 Å². The van der Waals surface area contributed by atoms with Crippen molar-refractivity contribution in [1.29, 1.82) is 0 Å². The third-order valence-corrected chi connectivity index (χ3v) is 6.00. The molecule has 1 amide bonds. The van der Waals surface area contributed by atoms with Gasteiger partial charge in [-0.15, -0.1) is 0 Å². The van der Waals surface area contributed by atoms with E-state index in [1.54, 1.807) is 6.07 Å². The summed E-state index contributed by atoms with van der Waals surface area (Å²) in [5.41, 5.74) is 2.74. The van der Waals surface area contributed by atoms with Crippen molar-refractivity contribution in [3.05, 3.63) is 57.6 Å². The zero-order chi connectivity index (χ0) is 20.4. The molecule has 0 fully saturated rings. The molecule has 1 N–H and O–H groups in total. The fourth-order valence-corrected chi connectivity index (χ4v) is 4.47. The normalized spacial score (nSPS) is 12.5. The molecule has 0 aliphatic heterocycles. The monoisotopic (exact) mass is 428 g/mol. The molecule has 2 aromatic carbocycles. The van der Waals surface area contributed by atoms with Gasteiger partial charge in [-0.3, -0.25) is 9.10 Å². The molecule has 0 aliphatic rings. The predicted octanol–water partition coefficient (Wildman–Crippen LogP) is 4.66. The average Bonchev–Trinajstić information content (AvgIpc) is 2.58. The van der Waals surface area contributed by atoms with Crippen LogP contribution in [0.2, 0.25) is 10.0 Å². The summed E-state index contributed by atoms with van der Waals surface area (Å²) in [6.07, 6.45) is 1.76. The number of para-hydroxylation sites is 1. The largest absolute Gasteiger partial charge is 0.324 e. The number of aryl methyl sites for hydroxylation is 2. The summed E-state index contributed by atoms with van der Waals surface area (Å²) in [7, 11) is -3.79. The van der Waals surface area contributed by atoms with Crippen LogP contribution in [0.15, 0.2) is 36.4 Å². The number of amides is 1. The van der Waals surface area contributed by atoms with E-state index in [4.69, 9.17) is 23.2 Å². The number of halogens is 2. The van der Waals surface area contributed by atoms with E-state index >= 15 is 0 Å². The van der Waals surface area contributed by atoms with Crippen LogP contribution in [0.3, 0.4) is 0 Å². The Hall–Kier alpha value is -1.76. The molecule has 0 unspecified atom stereocenters. The maximum absolute atomic E-state index is 12.9. The van der Waals surface area contributed by atoms with Crippen LogP contribution in [0.4, 0.5) is 11.4 Å². The van der Waals surface area contributed by atoms with Gasteiger partial charge in [-0.1, -0.05) is 48.3 Å². The third-order valence-electron chi connectivity index (χ3n) is 4.22. The first-order chi connectivity index (χ1) is 12.6. The second-order valence-electron chi connectivity index (χ2n) is 6.28. The van der Waals surface area contributed by atoms with Crippen molar-refractivity contribution in [2.75, 3.05) is 15.9 Å². The molecule has 2 rings (SSSR count). The smallest absolute Gasteiger partial charge is 0.248 e. The molecule has 1 atom stereocenters. The summed E-state index contributed by atoms with van der Waals surface area (Å²) >= 11 is 12.2. The number of nitrogens with zero attached hydrogens (tertiary/aromatic N) is 1. The molecule has 8 heteroatoms. The highest BCUT2D eigenvalue weighted by atomic mass is 35.5. The van der Waals surface area contributed by atoms with Crippen molar-refractivity contribution in [1.82, 2.24) is 0 Å². The lowest BCUT2D eigenvalue weighted by Gasteiger charge is -2.29. The molecule has 0 aliphatic carbocycles. The van der Waals surface area contributed by atoms with E-state index in [-0.39, 0.29) is 10.7 Å². The molecule has 0 bridgehead atoms. The molecule has 27 heavy (non-hydrogen) atoms. The van der Waals surface area contributed by atoms with Gasteiger partial charge in [-0.05, 0) is 49.6 Å². The van der Waals surface area contributed by atoms with Crippen molar-refractivity contribution in [3.63, 3.8) is 0 Å². The summed E-state index contributed by atoms with van der Waals surface area (Å²) in [4.78, 5) is 12.9. The highest BCUT2D eigenvalue weighted by Crippen LogP contribution is 2.32. The number of nitrogens with one attached hydrogen (secondary N) is 1. The van der Waals surface area contributed by atoms with Crippen molar-refractivity contribution >= 4 is 50.5 Å². The molecule has 5 nitrogen and oxygen atoms in total. The number of carbonyl (C=O) groups is 1. The van der Waals surface area contributed by atoms with E-state index in [9.17, 15) is 13.2 Å². The maximum Gasteiger partial charge on any atom is 0.248 e. The van der Waals surface area contributed by atoms with E-state index in [1.807, 2.05) is 32.0 Å². The molecule has 2 aromatic rings. The summed E-state index contributed by atoms with van der Waals surface area (Å²) in [6, 6.07) is 9.19. The average molecular weight is 429 g/mol. The lowest BCUT2D eigenvalue weighted by atomic mass is 10.1. The maximum atomic E-state index is 12.9. The zero-order valence-electron chi connectivity index (χ0n) is 15.6. The van der Waals surface area contributed by atoms with Crippen molar-refractivity contribution < 1.29 is 13.2 Å². The second kappa shape index (κ2) is 8.50. The molecule has 0 spiro atoms. The molecule has 0 saturated heterocycles. The third kappa shape index (κ3) is 4.94. The Morgan fingerprint density at radius 2 is 1.89 bits per heavy atom. The van der Waals surface area contributed by atoms with Gasteiger partial charge in [-0.2, -0.15) is 0 Å². The first-order valence-corrected chi connectivity index (χ1v) is 11.0.